The van der Waals surface area contributed by atoms with Crippen molar-refractivity contribution in [2.75, 3.05) is 38.5 Å². The number of nitrogens with zero attached hydrogens (tertiary/aromatic N) is 2. The maximum absolute atomic E-state index is 12.3. The number of hydrogen-bond acceptors (Lipinski definition) is 5. The van der Waals surface area contributed by atoms with Crippen LogP contribution in [0.5, 0.6) is 0 Å². The van der Waals surface area contributed by atoms with Crippen LogP contribution in [0.1, 0.15) is 25.7 Å². The van der Waals surface area contributed by atoms with Gasteiger partial charge in [-0.1, -0.05) is 12.1 Å². The molecule has 1 heterocycles. The molecule has 2 N–H and O–H groups in total. The predicted octanol–water partition coefficient (Wildman–Crippen LogP) is 2.67. The van der Waals surface area contributed by atoms with Crippen LogP contribution in [0, 0.1) is 16.0 Å². The number of carbonyl (C=O) groups excluding carboxylic acids is 1. The van der Waals surface area contributed by atoms with Crippen LogP contribution >= 0.6 is 12.4 Å². The fourth-order valence-corrected chi connectivity index (χ4v) is 3.06. The van der Waals surface area contributed by atoms with Crippen molar-refractivity contribution in [2.24, 2.45) is 5.92 Å². The normalized spacial score (nSPS) is 14.7. The van der Waals surface area contributed by atoms with Gasteiger partial charge in [0, 0.05) is 32.1 Å². The van der Waals surface area contributed by atoms with E-state index in [9.17, 15) is 14.9 Å². The molecule has 0 saturated carbocycles. The summed E-state index contributed by atoms with van der Waals surface area (Å²) >= 11 is 0. The van der Waals surface area contributed by atoms with E-state index in [4.69, 9.17) is 0 Å². The number of hydrogen-bond donors (Lipinski definition) is 2. The maximum Gasteiger partial charge on any atom is 0.292 e. The number of anilines is 1. The van der Waals surface area contributed by atoms with Crippen molar-refractivity contribution < 1.29 is 9.72 Å². The molecule has 1 aliphatic heterocycles. The molecular formula is C17H27ClN4O3. The van der Waals surface area contributed by atoms with E-state index < -0.39 is 4.92 Å². The number of nitro benzene ring substituents is 1. The molecule has 7 nitrogen and oxygen atoms in total. The number of nitro groups is 1. The second-order valence-electron chi connectivity index (χ2n) is 6.17. The summed E-state index contributed by atoms with van der Waals surface area (Å²) in [5.74, 6) is 0.819. The molecule has 1 fully saturated rings. The Balaban J connectivity index is 0.00000312. The van der Waals surface area contributed by atoms with Crippen LogP contribution in [-0.2, 0) is 4.79 Å². The van der Waals surface area contributed by atoms with Gasteiger partial charge in [-0.05, 0) is 44.8 Å². The lowest BCUT2D eigenvalue weighted by Gasteiger charge is -2.32. The third-order valence-corrected chi connectivity index (χ3v) is 4.52. The topological polar surface area (TPSA) is 87.5 Å². The zero-order valence-electron chi connectivity index (χ0n) is 14.6. The molecule has 1 aromatic carbocycles. The molecule has 0 aliphatic carbocycles. The number of halogens is 1. The fourth-order valence-electron chi connectivity index (χ4n) is 3.06. The van der Waals surface area contributed by atoms with E-state index in [1.54, 1.807) is 18.2 Å². The Hall–Kier alpha value is -1.86. The quantitative estimate of drug-likeness (QED) is 0.542. The SMILES string of the molecule is CNCCC1CCN(C(=O)CCNc2ccccc2[N+](=O)[O-])CC1.Cl. The number of likely N-dealkylation sites (tertiary alicyclic amines) is 1. The van der Waals surface area contributed by atoms with E-state index >= 15 is 0 Å². The summed E-state index contributed by atoms with van der Waals surface area (Å²) in [6.07, 6.45) is 3.64. The monoisotopic (exact) mass is 370 g/mol. The zero-order valence-corrected chi connectivity index (χ0v) is 15.4. The van der Waals surface area contributed by atoms with E-state index in [0.717, 1.165) is 38.9 Å². The minimum absolute atomic E-state index is 0. The molecule has 140 valence electrons. The number of amides is 1. The second kappa shape index (κ2) is 10.9. The summed E-state index contributed by atoms with van der Waals surface area (Å²) in [7, 11) is 1.96. The lowest BCUT2D eigenvalue weighted by molar-refractivity contribution is -0.384. The van der Waals surface area contributed by atoms with Crippen molar-refractivity contribution >= 4 is 29.7 Å². The van der Waals surface area contributed by atoms with Gasteiger partial charge in [0.05, 0.1) is 4.92 Å². The Labute approximate surface area is 154 Å². The van der Waals surface area contributed by atoms with Crippen LogP contribution < -0.4 is 10.6 Å². The van der Waals surface area contributed by atoms with Crippen molar-refractivity contribution in [3.8, 4) is 0 Å². The molecule has 1 aliphatic rings. The van der Waals surface area contributed by atoms with Gasteiger partial charge in [-0.2, -0.15) is 0 Å². The number of rotatable bonds is 8. The van der Waals surface area contributed by atoms with Gasteiger partial charge in [-0.3, -0.25) is 14.9 Å². The number of carbonyl (C=O) groups is 1. The summed E-state index contributed by atoms with van der Waals surface area (Å²) in [5, 5.41) is 17.1. The van der Waals surface area contributed by atoms with Crippen LogP contribution in [0.4, 0.5) is 11.4 Å². The molecule has 0 spiro atoms. The van der Waals surface area contributed by atoms with Crippen molar-refractivity contribution in [3.05, 3.63) is 34.4 Å². The van der Waals surface area contributed by atoms with E-state index in [1.165, 1.54) is 6.07 Å². The highest BCUT2D eigenvalue weighted by atomic mass is 35.5. The van der Waals surface area contributed by atoms with Gasteiger partial charge < -0.3 is 15.5 Å². The molecule has 8 heteroatoms. The van der Waals surface area contributed by atoms with Crippen LogP contribution in [-0.4, -0.2) is 49.0 Å². The van der Waals surface area contributed by atoms with Gasteiger partial charge in [0.1, 0.15) is 5.69 Å². The van der Waals surface area contributed by atoms with Crippen molar-refractivity contribution in [1.29, 1.82) is 0 Å². The predicted molar refractivity (Wildman–Crippen MR) is 101 cm³/mol. The van der Waals surface area contributed by atoms with Gasteiger partial charge in [0.2, 0.25) is 5.91 Å². The van der Waals surface area contributed by atoms with E-state index in [0.29, 0.717) is 24.6 Å². The minimum atomic E-state index is -0.417. The molecule has 0 aromatic heterocycles. The average molecular weight is 371 g/mol. The molecule has 0 bridgehead atoms. The summed E-state index contributed by atoms with van der Waals surface area (Å²) in [6.45, 7) is 3.07. The third kappa shape index (κ3) is 6.51. The maximum atomic E-state index is 12.3. The smallest absolute Gasteiger partial charge is 0.292 e. The Bertz CT molecular complexity index is 563. The second-order valence-corrected chi connectivity index (χ2v) is 6.17. The molecule has 1 saturated heterocycles. The van der Waals surface area contributed by atoms with Crippen LogP contribution in [0.3, 0.4) is 0 Å². The lowest BCUT2D eigenvalue weighted by Crippen LogP contribution is -2.39. The van der Waals surface area contributed by atoms with Gasteiger partial charge in [-0.25, -0.2) is 0 Å². The average Bonchev–Trinajstić information content (AvgIpc) is 2.60. The van der Waals surface area contributed by atoms with E-state index in [2.05, 4.69) is 10.6 Å². The summed E-state index contributed by atoms with van der Waals surface area (Å²) in [6, 6.07) is 6.50. The molecule has 25 heavy (non-hydrogen) atoms. The largest absolute Gasteiger partial charge is 0.379 e. The highest BCUT2D eigenvalue weighted by Gasteiger charge is 2.22. The molecule has 1 aromatic rings. The highest BCUT2D eigenvalue weighted by molar-refractivity contribution is 5.85. The zero-order chi connectivity index (χ0) is 17.4. The van der Waals surface area contributed by atoms with E-state index in [-0.39, 0.29) is 24.0 Å². The summed E-state index contributed by atoms with van der Waals surface area (Å²) < 4.78 is 0. The summed E-state index contributed by atoms with van der Waals surface area (Å²) in [5.41, 5.74) is 0.497. The van der Waals surface area contributed by atoms with Gasteiger partial charge in [0.25, 0.3) is 5.69 Å². The molecule has 1 amide bonds. The molecule has 0 unspecified atom stereocenters. The molecule has 0 radical (unpaired) electrons. The molecule has 0 atom stereocenters. The van der Waals surface area contributed by atoms with Gasteiger partial charge >= 0.3 is 0 Å². The fraction of sp³-hybridized carbons (Fsp3) is 0.588. The van der Waals surface area contributed by atoms with Crippen LogP contribution in [0.2, 0.25) is 0 Å². The van der Waals surface area contributed by atoms with Gasteiger partial charge in [0.15, 0.2) is 0 Å². The first-order chi connectivity index (χ1) is 11.6. The number of benzene rings is 1. The first-order valence-corrected chi connectivity index (χ1v) is 8.51. The number of nitrogens with one attached hydrogen (secondary N) is 2. The Kier molecular flexibility index (Phi) is 9.23. The number of para-hydroxylation sites is 2. The Morgan fingerprint density at radius 1 is 1.28 bits per heavy atom. The van der Waals surface area contributed by atoms with Crippen LogP contribution in [0.15, 0.2) is 24.3 Å². The van der Waals surface area contributed by atoms with Crippen LogP contribution in [0.25, 0.3) is 0 Å². The highest BCUT2D eigenvalue weighted by Crippen LogP contribution is 2.23. The molecular weight excluding hydrogens is 344 g/mol. The first-order valence-electron chi connectivity index (χ1n) is 8.51. The summed E-state index contributed by atoms with van der Waals surface area (Å²) in [4.78, 5) is 24.7. The first kappa shape index (κ1) is 21.2. The van der Waals surface area contributed by atoms with Crippen molar-refractivity contribution in [2.45, 2.75) is 25.7 Å². The van der Waals surface area contributed by atoms with E-state index in [1.807, 2.05) is 11.9 Å². The van der Waals surface area contributed by atoms with Crippen molar-refractivity contribution in [3.63, 3.8) is 0 Å². The van der Waals surface area contributed by atoms with Crippen molar-refractivity contribution in [1.82, 2.24) is 10.2 Å². The van der Waals surface area contributed by atoms with Gasteiger partial charge in [-0.15, -0.1) is 12.4 Å². The third-order valence-electron chi connectivity index (χ3n) is 4.52. The minimum Gasteiger partial charge on any atom is -0.379 e. The molecule has 2 rings (SSSR count). The Morgan fingerprint density at radius 2 is 1.96 bits per heavy atom. The number of piperidine rings is 1. The standard InChI is InChI=1S/C17H26N4O3.ClH/c1-18-10-6-14-8-12-20(13-9-14)17(22)7-11-19-15-4-2-3-5-16(15)21(23)24;/h2-5,14,18-19H,6-13H2,1H3;1H. The Morgan fingerprint density at radius 3 is 2.60 bits per heavy atom. The lowest BCUT2D eigenvalue weighted by atomic mass is 9.93.